The number of nitrogen functional groups attached to an aromatic ring is 1. The molecule has 7 nitrogen and oxygen atoms in total. The zero-order valence-corrected chi connectivity index (χ0v) is 10.4. The Kier molecular flexibility index (Phi) is 5.41. The molecule has 0 saturated heterocycles. The number of anilines is 2. The SMILES string of the molecule is CCOCCNc1nc(N)nc(OC(C)C)n1. The smallest absolute Gasteiger partial charge is 0.323 e. The van der Waals surface area contributed by atoms with Gasteiger partial charge < -0.3 is 20.5 Å². The van der Waals surface area contributed by atoms with E-state index in [1.165, 1.54) is 0 Å². The van der Waals surface area contributed by atoms with Crippen LogP contribution in [0.1, 0.15) is 20.8 Å². The maximum atomic E-state index is 5.55. The number of nitrogens with zero attached hydrogens (tertiary/aromatic N) is 3. The van der Waals surface area contributed by atoms with E-state index >= 15 is 0 Å². The molecule has 0 spiro atoms. The number of hydrogen-bond donors (Lipinski definition) is 2. The number of rotatable bonds is 7. The van der Waals surface area contributed by atoms with Crippen molar-refractivity contribution in [2.45, 2.75) is 26.9 Å². The van der Waals surface area contributed by atoms with Crippen LogP contribution in [0.4, 0.5) is 11.9 Å². The minimum absolute atomic E-state index is 0.00641. The van der Waals surface area contributed by atoms with E-state index in [9.17, 15) is 0 Å². The van der Waals surface area contributed by atoms with Gasteiger partial charge in [0.2, 0.25) is 11.9 Å². The highest BCUT2D eigenvalue weighted by Gasteiger charge is 2.06. The van der Waals surface area contributed by atoms with Gasteiger partial charge in [-0.1, -0.05) is 0 Å². The molecule has 0 bridgehead atoms. The summed E-state index contributed by atoms with van der Waals surface area (Å²) in [6.07, 6.45) is -0.00641. The van der Waals surface area contributed by atoms with Crippen LogP contribution in [0.15, 0.2) is 0 Å². The second kappa shape index (κ2) is 6.85. The molecule has 0 aliphatic carbocycles. The fourth-order valence-electron chi connectivity index (χ4n) is 1.09. The fraction of sp³-hybridized carbons (Fsp3) is 0.700. The summed E-state index contributed by atoms with van der Waals surface area (Å²) in [4.78, 5) is 11.9. The lowest BCUT2D eigenvalue weighted by molar-refractivity contribution is 0.158. The molecule has 7 heteroatoms. The van der Waals surface area contributed by atoms with Gasteiger partial charge in [0.1, 0.15) is 0 Å². The first-order valence-electron chi connectivity index (χ1n) is 5.61. The molecule has 1 rings (SSSR count). The van der Waals surface area contributed by atoms with E-state index in [0.717, 1.165) is 0 Å². The maximum absolute atomic E-state index is 5.55. The number of ether oxygens (including phenoxy) is 2. The molecule has 0 saturated carbocycles. The van der Waals surface area contributed by atoms with E-state index in [2.05, 4.69) is 20.3 Å². The van der Waals surface area contributed by atoms with E-state index in [-0.39, 0.29) is 18.1 Å². The molecule has 0 fully saturated rings. The van der Waals surface area contributed by atoms with Crippen LogP contribution < -0.4 is 15.8 Å². The summed E-state index contributed by atoms with van der Waals surface area (Å²) in [5.41, 5.74) is 5.55. The standard InChI is InChI=1S/C10H19N5O2/c1-4-16-6-5-12-9-13-8(11)14-10(15-9)17-7(2)3/h7H,4-6H2,1-3H3,(H3,11,12,13,14,15). The van der Waals surface area contributed by atoms with Crippen LogP contribution in [0.2, 0.25) is 0 Å². The summed E-state index contributed by atoms with van der Waals surface area (Å²) < 4.78 is 10.5. The second-order valence-corrected chi connectivity index (χ2v) is 3.59. The molecule has 1 aromatic rings. The highest BCUT2D eigenvalue weighted by molar-refractivity contribution is 5.32. The first-order chi connectivity index (χ1) is 8.11. The molecular formula is C10H19N5O2. The van der Waals surface area contributed by atoms with Crippen LogP contribution >= 0.6 is 0 Å². The van der Waals surface area contributed by atoms with Crippen LogP contribution in [0, 0.1) is 0 Å². The lowest BCUT2D eigenvalue weighted by Crippen LogP contribution is -2.15. The molecule has 0 aromatic carbocycles. The van der Waals surface area contributed by atoms with Crippen LogP contribution in [-0.2, 0) is 4.74 Å². The molecule has 0 unspecified atom stereocenters. The van der Waals surface area contributed by atoms with Gasteiger partial charge in [-0.15, -0.1) is 0 Å². The molecule has 1 heterocycles. The number of hydrogen-bond acceptors (Lipinski definition) is 7. The fourth-order valence-corrected chi connectivity index (χ4v) is 1.09. The predicted octanol–water partition coefficient (Wildman–Crippen LogP) is 0.689. The second-order valence-electron chi connectivity index (χ2n) is 3.59. The zero-order valence-electron chi connectivity index (χ0n) is 10.4. The van der Waals surface area contributed by atoms with Crippen molar-refractivity contribution in [1.82, 2.24) is 15.0 Å². The first kappa shape index (κ1) is 13.4. The number of nitrogens with two attached hydrogens (primary N) is 1. The van der Waals surface area contributed by atoms with Crippen LogP contribution in [0.25, 0.3) is 0 Å². The third-order valence-corrected chi connectivity index (χ3v) is 1.71. The van der Waals surface area contributed by atoms with E-state index in [1.807, 2.05) is 20.8 Å². The lowest BCUT2D eigenvalue weighted by Gasteiger charge is -2.10. The molecule has 96 valence electrons. The van der Waals surface area contributed by atoms with Gasteiger partial charge in [0.15, 0.2) is 0 Å². The monoisotopic (exact) mass is 241 g/mol. The Balaban J connectivity index is 2.56. The Morgan fingerprint density at radius 1 is 1.29 bits per heavy atom. The highest BCUT2D eigenvalue weighted by Crippen LogP contribution is 2.09. The average molecular weight is 241 g/mol. The molecular weight excluding hydrogens is 222 g/mol. The van der Waals surface area contributed by atoms with Gasteiger partial charge in [-0.2, -0.15) is 15.0 Å². The van der Waals surface area contributed by atoms with E-state index in [4.69, 9.17) is 15.2 Å². The van der Waals surface area contributed by atoms with E-state index in [1.54, 1.807) is 0 Å². The van der Waals surface area contributed by atoms with E-state index in [0.29, 0.717) is 25.7 Å². The first-order valence-corrected chi connectivity index (χ1v) is 5.61. The molecule has 0 aliphatic heterocycles. The molecule has 0 amide bonds. The zero-order chi connectivity index (χ0) is 12.7. The van der Waals surface area contributed by atoms with Crippen molar-refractivity contribution >= 4 is 11.9 Å². The Labute approximate surface area is 101 Å². The van der Waals surface area contributed by atoms with Crippen LogP contribution in [-0.4, -0.2) is 40.8 Å². The molecule has 3 N–H and O–H groups in total. The number of aromatic nitrogens is 3. The van der Waals surface area contributed by atoms with Gasteiger partial charge in [-0.05, 0) is 20.8 Å². The summed E-state index contributed by atoms with van der Waals surface area (Å²) in [5, 5.41) is 2.99. The van der Waals surface area contributed by atoms with Gasteiger partial charge in [0.25, 0.3) is 0 Å². The summed E-state index contributed by atoms with van der Waals surface area (Å²) >= 11 is 0. The minimum atomic E-state index is -0.00641. The topological polar surface area (TPSA) is 95.2 Å². The Bertz CT molecular complexity index is 345. The molecule has 0 radical (unpaired) electrons. The Morgan fingerprint density at radius 3 is 2.71 bits per heavy atom. The predicted molar refractivity (Wildman–Crippen MR) is 65.0 cm³/mol. The molecule has 0 atom stereocenters. The average Bonchev–Trinajstić information content (AvgIpc) is 2.22. The van der Waals surface area contributed by atoms with Gasteiger partial charge in [-0.3, -0.25) is 0 Å². The summed E-state index contributed by atoms with van der Waals surface area (Å²) in [6, 6.07) is 0.228. The summed E-state index contributed by atoms with van der Waals surface area (Å²) in [6.45, 7) is 7.60. The normalized spacial score (nSPS) is 10.6. The van der Waals surface area contributed by atoms with Crippen molar-refractivity contribution < 1.29 is 9.47 Å². The molecule has 0 aliphatic rings. The van der Waals surface area contributed by atoms with Crippen molar-refractivity contribution in [3.63, 3.8) is 0 Å². The third-order valence-electron chi connectivity index (χ3n) is 1.71. The summed E-state index contributed by atoms with van der Waals surface area (Å²) in [5.74, 6) is 0.530. The van der Waals surface area contributed by atoms with Gasteiger partial charge in [0.05, 0.1) is 12.7 Å². The summed E-state index contributed by atoms with van der Waals surface area (Å²) in [7, 11) is 0. The minimum Gasteiger partial charge on any atom is -0.461 e. The van der Waals surface area contributed by atoms with Crippen molar-refractivity contribution in [3.8, 4) is 6.01 Å². The van der Waals surface area contributed by atoms with Crippen LogP contribution in [0.3, 0.4) is 0 Å². The number of nitrogens with one attached hydrogen (secondary N) is 1. The Hall–Kier alpha value is -1.63. The molecule has 1 aromatic heterocycles. The molecule has 17 heavy (non-hydrogen) atoms. The maximum Gasteiger partial charge on any atom is 0.323 e. The Morgan fingerprint density at radius 2 is 2.06 bits per heavy atom. The van der Waals surface area contributed by atoms with Gasteiger partial charge >= 0.3 is 6.01 Å². The quantitative estimate of drug-likeness (QED) is 0.678. The lowest BCUT2D eigenvalue weighted by atomic mass is 10.5. The van der Waals surface area contributed by atoms with E-state index < -0.39 is 0 Å². The van der Waals surface area contributed by atoms with Gasteiger partial charge in [0, 0.05) is 13.2 Å². The highest BCUT2D eigenvalue weighted by atomic mass is 16.5. The van der Waals surface area contributed by atoms with Crippen LogP contribution in [0.5, 0.6) is 6.01 Å². The largest absolute Gasteiger partial charge is 0.461 e. The van der Waals surface area contributed by atoms with Crippen molar-refractivity contribution in [2.75, 3.05) is 30.8 Å². The van der Waals surface area contributed by atoms with Gasteiger partial charge in [-0.25, -0.2) is 0 Å². The van der Waals surface area contributed by atoms with Crippen molar-refractivity contribution in [1.29, 1.82) is 0 Å². The third kappa shape index (κ3) is 5.30. The van der Waals surface area contributed by atoms with Crippen molar-refractivity contribution in [2.24, 2.45) is 0 Å². The van der Waals surface area contributed by atoms with Crippen molar-refractivity contribution in [3.05, 3.63) is 0 Å².